The lowest BCUT2D eigenvalue weighted by Gasteiger charge is -2.12. The zero-order chi connectivity index (χ0) is 14.3. The lowest BCUT2D eigenvalue weighted by atomic mass is 10.2. The van der Waals surface area contributed by atoms with Crippen LogP contribution in [0.4, 0.5) is 14.5 Å². The molecule has 0 fully saturated rings. The number of nitrogens with zero attached hydrogens (tertiary/aromatic N) is 1. The van der Waals surface area contributed by atoms with E-state index < -0.39 is 5.76 Å². The van der Waals surface area contributed by atoms with Crippen LogP contribution in [0.3, 0.4) is 0 Å². The van der Waals surface area contributed by atoms with Crippen LogP contribution in [0.2, 0.25) is 0 Å². The lowest BCUT2D eigenvalue weighted by Crippen LogP contribution is -2.22. The molecular weight excluding hydrogens is 270 g/mol. The number of benzene rings is 1. The average Bonchev–Trinajstić information content (AvgIpc) is 2.35. The number of carbonyl (C=O) groups is 1. The normalized spacial score (nSPS) is 10.6. The van der Waals surface area contributed by atoms with Gasteiger partial charge in [-0.25, -0.2) is 0 Å². The Morgan fingerprint density at radius 2 is 2.05 bits per heavy atom. The van der Waals surface area contributed by atoms with Crippen molar-refractivity contribution < 1.29 is 13.6 Å². The number of hydrogen-bond acceptors (Lipinski definition) is 3. The van der Waals surface area contributed by atoms with Crippen LogP contribution in [0.5, 0.6) is 0 Å². The van der Waals surface area contributed by atoms with E-state index in [-0.39, 0.29) is 5.91 Å². The fraction of sp³-hybridized carbons (Fsp3) is 0.462. The number of rotatable bonds is 7. The fourth-order valence-corrected chi connectivity index (χ4v) is 2.11. The second kappa shape index (κ2) is 7.99. The van der Waals surface area contributed by atoms with Gasteiger partial charge in [0.15, 0.2) is 0 Å². The van der Waals surface area contributed by atoms with Crippen LogP contribution in [0, 0.1) is 0 Å². The molecule has 0 aliphatic carbocycles. The van der Waals surface area contributed by atoms with E-state index in [9.17, 15) is 13.6 Å². The fourth-order valence-electron chi connectivity index (χ4n) is 1.50. The molecule has 1 amide bonds. The van der Waals surface area contributed by atoms with Gasteiger partial charge in [0.25, 0.3) is 5.76 Å². The van der Waals surface area contributed by atoms with Crippen LogP contribution in [0.15, 0.2) is 29.2 Å². The minimum absolute atomic E-state index is 0.0667. The smallest absolute Gasteiger partial charge is 0.288 e. The first-order chi connectivity index (χ1) is 9.00. The molecule has 0 aliphatic rings. The molecule has 1 N–H and O–H groups in total. The Balaban J connectivity index is 2.42. The third-order valence-electron chi connectivity index (χ3n) is 2.48. The number of nitrogens with one attached hydrogen (secondary N) is 1. The van der Waals surface area contributed by atoms with Crippen LogP contribution in [0.1, 0.15) is 12.8 Å². The van der Waals surface area contributed by atoms with E-state index in [1.807, 2.05) is 0 Å². The summed E-state index contributed by atoms with van der Waals surface area (Å²) in [5.74, 6) is -2.37. The summed E-state index contributed by atoms with van der Waals surface area (Å²) < 4.78 is 24.7. The minimum Gasteiger partial charge on any atom is -0.384 e. The molecule has 106 valence electrons. The molecule has 0 saturated carbocycles. The second-order valence-electron chi connectivity index (χ2n) is 4.19. The highest BCUT2D eigenvalue weighted by Crippen LogP contribution is 2.31. The Morgan fingerprint density at radius 1 is 1.37 bits per heavy atom. The highest BCUT2D eigenvalue weighted by molar-refractivity contribution is 7.99. The van der Waals surface area contributed by atoms with Gasteiger partial charge in [-0.2, -0.15) is 8.78 Å². The molecule has 0 radical (unpaired) electrons. The van der Waals surface area contributed by atoms with Gasteiger partial charge in [0.2, 0.25) is 5.91 Å². The average molecular weight is 288 g/mol. The minimum atomic E-state index is -2.43. The topological polar surface area (TPSA) is 32.3 Å². The van der Waals surface area contributed by atoms with E-state index >= 15 is 0 Å². The number of alkyl halides is 2. The van der Waals surface area contributed by atoms with Crippen molar-refractivity contribution in [1.82, 2.24) is 4.90 Å². The number of carbonyl (C=O) groups excluding carboxylic acids is 1. The van der Waals surface area contributed by atoms with Crippen molar-refractivity contribution in [3.8, 4) is 0 Å². The molecule has 6 heteroatoms. The van der Waals surface area contributed by atoms with E-state index in [0.29, 0.717) is 41.7 Å². The summed E-state index contributed by atoms with van der Waals surface area (Å²) in [6.45, 7) is 0.584. The summed E-state index contributed by atoms with van der Waals surface area (Å²) in [5.41, 5.74) is 0.685. The van der Waals surface area contributed by atoms with E-state index in [1.54, 1.807) is 43.3 Å². The van der Waals surface area contributed by atoms with Crippen molar-refractivity contribution >= 4 is 23.4 Å². The van der Waals surface area contributed by atoms with E-state index in [1.165, 1.54) is 0 Å². The van der Waals surface area contributed by atoms with Crippen molar-refractivity contribution in [2.24, 2.45) is 0 Å². The molecule has 0 aliphatic heterocycles. The maximum atomic E-state index is 12.4. The molecule has 1 aromatic carbocycles. The zero-order valence-electron chi connectivity index (χ0n) is 11.0. The Kier molecular flexibility index (Phi) is 6.62. The van der Waals surface area contributed by atoms with Crippen LogP contribution in [0.25, 0.3) is 0 Å². The summed E-state index contributed by atoms with van der Waals surface area (Å²) in [5, 5.41) is 3.09. The third kappa shape index (κ3) is 5.92. The summed E-state index contributed by atoms with van der Waals surface area (Å²) >= 11 is 0.523. The number of para-hydroxylation sites is 1. The van der Waals surface area contributed by atoms with Crippen molar-refractivity contribution in [3.05, 3.63) is 24.3 Å². The molecule has 1 aromatic rings. The predicted octanol–water partition coefficient (Wildman–Crippen LogP) is 3.28. The molecule has 1 rings (SSSR count). The molecule has 0 heterocycles. The monoisotopic (exact) mass is 288 g/mol. The van der Waals surface area contributed by atoms with E-state index in [2.05, 4.69) is 5.32 Å². The van der Waals surface area contributed by atoms with Gasteiger partial charge in [0, 0.05) is 37.6 Å². The SMILES string of the molecule is CN(C)C(=O)CCCNc1ccccc1SC(F)F. The van der Waals surface area contributed by atoms with Gasteiger partial charge >= 0.3 is 0 Å². The molecule has 19 heavy (non-hydrogen) atoms. The summed E-state index contributed by atoms with van der Waals surface area (Å²) in [7, 11) is 3.43. The number of hydrogen-bond donors (Lipinski definition) is 1. The second-order valence-corrected chi connectivity index (χ2v) is 5.23. The quantitative estimate of drug-likeness (QED) is 0.617. The largest absolute Gasteiger partial charge is 0.384 e. The first kappa shape index (κ1) is 15.8. The highest BCUT2D eigenvalue weighted by Gasteiger charge is 2.09. The number of thioether (sulfide) groups is 1. The van der Waals surface area contributed by atoms with Crippen LogP contribution in [-0.4, -0.2) is 37.2 Å². The molecule has 0 unspecified atom stereocenters. The van der Waals surface area contributed by atoms with Gasteiger partial charge in [-0.1, -0.05) is 23.9 Å². The Labute approximate surface area is 116 Å². The maximum absolute atomic E-state index is 12.4. The molecule has 0 spiro atoms. The Bertz CT molecular complexity index is 413. The van der Waals surface area contributed by atoms with Crippen molar-refractivity contribution in [1.29, 1.82) is 0 Å². The third-order valence-corrected chi connectivity index (χ3v) is 3.27. The molecule has 0 atom stereocenters. The maximum Gasteiger partial charge on any atom is 0.288 e. The van der Waals surface area contributed by atoms with Crippen molar-refractivity contribution in [3.63, 3.8) is 0 Å². The standard InChI is InChI=1S/C13H18F2N2OS/c1-17(2)12(18)8-5-9-16-10-6-3-4-7-11(10)19-13(14)15/h3-4,6-7,13,16H,5,8-9H2,1-2H3. The number of halogens is 2. The van der Waals surface area contributed by atoms with Gasteiger partial charge in [-0.3, -0.25) is 4.79 Å². The summed E-state index contributed by atoms with van der Waals surface area (Å²) in [6.07, 6.45) is 1.12. The highest BCUT2D eigenvalue weighted by atomic mass is 32.2. The van der Waals surface area contributed by atoms with Crippen molar-refractivity contribution in [2.45, 2.75) is 23.5 Å². The first-order valence-electron chi connectivity index (χ1n) is 5.98. The molecule has 0 aromatic heterocycles. The molecular formula is C13H18F2N2OS. The van der Waals surface area contributed by atoms with Gasteiger partial charge in [0.1, 0.15) is 0 Å². The number of anilines is 1. The summed E-state index contributed by atoms with van der Waals surface area (Å²) in [4.78, 5) is 13.4. The first-order valence-corrected chi connectivity index (χ1v) is 6.86. The summed E-state index contributed by atoms with van der Waals surface area (Å²) in [6, 6.07) is 6.94. The van der Waals surface area contributed by atoms with Crippen molar-refractivity contribution in [2.75, 3.05) is 26.0 Å². The Hall–Kier alpha value is -1.30. The van der Waals surface area contributed by atoms with E-state index in [4.69, 9.17) is 0 Å². The van der Waals surface area contributed by atoms with Gasteiger partial charge in [-0.15, -0.1) is 0 Å². The number of amides is 1. The Morgan fingerprint density at radius 3 is 2.68 bits per heavy atom. The lowest BCUT2D eigenvalue weighted by molar-refractivity contribution is -0.128. The van der Waals surface area contributed by atoms with Crippen LogP contribution >= 0.6 is 11.8 Å². The molecule has 3 nitrogen and oxygen atoms in total. The zero-order valence-corrected chi connectivity index (χ0v) is 11.8. The van der Waals surface area contributed by atoms with Crippen LogP contribution in [-0.2, 0) is 4.79 Å². The van der Waals surface area contributed by atoms with Crippen LogP contribution < -0.4 is 5.32 Å². The van der Waals surface area contributed by atoms with E-state index in [0.717, 1.165) is 0 Å². The predicted molar refractivity (Wildman–Crippen MR) is 74.7 cm³/mol. The molecule has 0 bridgehead atoms. The van der Waals surface area contributed by atoms with Gasteiger partial charge < -0.3 is 10.2 Å². The van der Waals surface area contributed by atoms with Gasteiger partial charge in [0.05, 0.1) is 0 Å². The van der Waals surface area contributed by atoms with Gasteiger partial charge in [-0.05, 0) is 18.6 Å². The molecule has 0 saturated heterocycles.